The van der Waals surface area contributed by atoms with Gasteiger partial charge in [0.15, 0.2) is 0 Å². The van der Waals surface area contributed by atoms with Gasteiger partial charge in [0.2, 0.25) is 0 Å². The van der Waals surface area contributed by atoms with Crippen molar-refractivity contribution in [3.05, 3.63) is 148 Å². The van der Waals surface area contributed by atoms with Crippen LogP contribution < -0.4 is 9.64 Å². The van der Waals surface area contributed by atoms with E-state index in [2.05, 4.69) is 105 Å². The summed E-state index contributed by atoms with van der Waals surface area (Å²) in [6, 6.07) is 32.2. The number of allylic oxidation sites excluding steroid dienone is 1. The molecule has 3 aliphatic heterocycles. The van der Waals surface area contributed by atoms with Crippen LogP contribution in [0, 0.1) is 0 Å². The van der Waals surface area contributed by atoms with Gasteiger partial charge in [-0.2, -0.15) is 0 Å². The standard InChI is InChI=1S/C44H41BrN2O4S/c1-28-38-14-11-33(21-31(38)27-49-28)47-24-34(25-47)46-19-17-35(18-20-46)51-37-13-16-41(48)40(22-37)43-39-15-12-36(50-26-29-5-3-2-4-6-29)23-42(39)52-44(43)30-7-9-32(45)10-8-30/h2-16,21-23,34-35,40-41,48H,1,17-20,24-27H2. The molecule has 0 radical (unpaired) electrons. The van der Waals surface area contributed by atoms with Gasteiger partial charge in [-0.25, -0.2) is 0 Å². The zero-order valence-corrected chi connectivity index (χ0v) is 31.3. The molecule has 2 saturated heterocycles. The Bertz CT molecular complexity index is 2160. The molecule has 0 saturated carbocycles. The molecule has 8 heteroatoms. The molecule has 0 bridgehead atoms. The molecule has 2 unspecified atom stereocenters. The lowest BCUT2D eigenvalue weighted by molar-refractivity contribution is 0.0324. The van der Waals surface area contributed by atoms with Crippen molar-refractivity contribution in [1.29, 1.82) is 0 Å². The van der Waals surface area contributed by atoms with Gasteiger partial charge in [-0.1, -0.05) is 71.0 Å². The van der Waals surface area contributed by atoms with E-state index in [1.807, 2.05) is 36.4 Å². The first-order valence-corrected chi connectivity index (χ1v) is 19.7. The summed E-state index contributed by atoms with van der Waals surface area (Å²) >= 11 is 5.35. The fourth-order valence-corrected chi connectivity index (χ4v) is 9.47. The van der Waals surface area contributed by atoms with Crippen molar-refractivity contribution in [3.8, 4) is 16.2 Å². The number of ether oxygens (including phenoxy) is 3. The Morgan fingerprint density at radius 3 is 2.56 bits per heavy atom. The highest BCUT2D eigenvalue weighted by atomic mass is 79.9. The average Bonchev–Trinajstić information content (AvgIpc) is 3.72. The summed E-state index contributed by atoms with van der Waals surface area (Å²) in [5.74, 6) is 2.22. The Balaban J connectivity index is 0.887. The zero-order chi connectivity index (χ0) is 35.2. The van der Waals surface area contributed by atoms with Crippen LogP contribution in [0.15, 0.2) is 126 Å². The molecular weight excluding hydrogens is 732 g/mol. The van der Waals surface area contributed by atoms with Crippen molar-refractivity contribution >= 4 is 48.8 Å². The van der Waals surface area contributed by atoms with Gasteiger partial charge in [0, 0.05) is 69.0 Å². The van der Waals surface area contributed by atoms with Crippen molar-refractivity contribution in [2.75, 3.05) is 31.1 Å². The van der Waals surface area contributed by atoms with E-state index < -0.39 is 6.10 Å². The lowest BCUT2D eigenvalue weighted by Crippen LogP contribution is -2.61. The van der Waals surface area contributed by atoms with Crippen LogP contribution in [0.5, 0.6) is 5.75 Å². The number of hydrogen-bond donors (Lipinski definition) is 1. The van der Waals surface area contributed by atoms with E-state index >= 15 is 0 Å². The number of anilines is 1. The second-order valence-electron chi connectivity index (χ2n) is 14.2. The minimum Gasteiger partial charge on any atom is -0.491 e. The van der Waals surface area contributed by atoms with E-state index in [9.17, 15) is 5.11 Å². The molecular formula is C44H41BrN2O4S. The minimum absolute atomic E-state index is 0.151. The Hall–Kier alpha value is -4.34. The number of aliphatic hydroxyl groups excluding tert-OH is 1. The van der Waals surface area contributed by atoms with E-state index in [0.29, 0.717) is 19.3 Å². The minimum atomic E-state index is -0.659. The fraction of sp³-hybridized carbons (Fsp3) is 0.273. The maximum atomic E-state index is 11.5. The predicted molar refractivity (Wildman–Crippen MR) is 214 cm³/mol. The van der Waals surface area contributed by atoms with Gasteiger partial charge < -0.3 is 24.2 Å². The summed E-state index contributed by atoms with van der Waals surface area (Å²) in [6.07, 6.45) is 7.46. The monoisotopic (exact) mass is 772 g/mol. The molecule has 6 nitrogen and oxygen atoms in total. The van der Waals surface area contributed by atoms with E-state index in [0.717, 1.165) is 98.0 Å². The molecule has 1 aliphatic carbocycles. The number of likely N-dealkylation sites (tertiary alicyclic amines) is 1. The third-order valence-corrected chi connectivity index (χ3v) is 12.6. The smallest absolute Gasteiger partial charge is 0.121 e. The first kappa shape index (κ1) is 33.5. The number of piperidine rings is 1. The molecule has 5 aromatic rings. The Kier molecular flexibility index (Phi) is 9.17. The second kappa shape index (κ2) is 14.2. The Labute approximate surface area is 317 Å². The van der Waals surface area contributed by atoms with E-state index in [1.54, 1.807) is 11.3 Å². The van der Waals surface area contributed by atoms with Gasteiger partial charge in [-0.15, -0.1) is 11.3 Å². The first-order chi connectivity index (χ1) is 25.4. The summed E-state index contributed by atoms with van der Waals surface area (Å²) < 4.78 is 20.7. The summed E-state index contributed by atoms with van der Waals surface area (Å²) in [7, 11) is 0. The van der Waals surface area contributed by atoms with Gasteiger partial charge in [0.25, 0.3) is 0 Å². The molecule has 4 aliphatic rings. The number of halogens is 1. The van der Waals surface area contributed by atoms with Crippen molar-refractivity contribution in [1.82, 2.24) is 4.90 Å². The van der Waals surface area contributed by atoms with Crippen LogP contribution in [-0.4, -0.2) is 54.4 Å². The van der Waals surface area contributed by atoms with Gasteiger partial charge in [-0.3, -0.25) is 4.90 Å². The summed E-state index contributed by atoms with van der Waals surface area (Å²) in [5.41, 5.74) is 7.04. The van der Waals surface area contributed by atoms with Gasteiger partial charge >= 0.3 is 0 Å². The highest BCUT2D eigenvalue weighted by Crippen LogP contribution is 2.47. The zero-order valence-electron chi connectivity index (χ0n) is 28.9. The number of nitrogens with zero attached hydrogens (tertiary/aromatic N) is 2. The summed E-state index contributed by atoms with van der Waals surface area (Å²) in [5, 5.41) is 12.6. The van der Waals surface area contributed by atoms with E-state index in [-0.39, 0.29) is 12.0 Å². The Morgan fingerprint density at radius 1 is 0.942 bits per heavy atom. The SMILES string of the molecule is C=C1OCc2cc(N3CC(N4CCC(OC5=CC(c6c(-c7ccc(Br)cc7)sc7cc(OCc8ccccc8)ccc67)C(O)C=C5)CC4)C3)ccc21. The van der Waals surface area contributed by atoms with Crippen LogP contribution in [0.25, 0.3) is 26.3 Å². The molecule has 0 amide bonds. The molecule has 2 fully saturated rings. The van der Waals surface area contributed by atoms with Crippen LogP contribution in [0.3, 0.4) is 0 Å². The molecule has 2 atom stereocenters. The van der Waals surface area contributed by atoms with Gasteiger partial charge in [0.05, 0.1) is 6.10 Å². The molecule has 1 aromatic heterocycles. The lowest BCUT2D eigenvalue weighted by atomic mass is 9.86. The fourth-order valence-electron chi connectivity index (χ4n) is 7.91. The molecule has 9 rings (SSSR count). The average molecular weight is 774 g/mol. The number of benzene rings is 4. The second-order valence-corrected chi connectivity index (χ2v) is 16.2. The van der Waals surface area contributed by atoms with E-state index in [1.165, 1.54) is 11.3 Å². The van der Waals surface area contributed by atoms with Crippen LogP contribution in [0.1, 0.15) is 41.0 Å². The normalized spacial score (nSPS) is 20.8. The molecule has 4 heterocycles. The molecule has 4 aromatic carbocycles. The predicted octanol–water partition coefficient (Wildman–Crippen LogP) is 9.68. The molecule has 52 heavy (non-hydrogen) atoms. The van der Waals surface area contributed by atoms with Gasteiger partial charge in [-0.05, 0) is 95.6 Å². The van der Waals surface area contributed by atoms with E-state index in [4.69, 9.17) is 14.2 Å². The van der Waals surface area contributed by atoms with Crippen LogP contribution in [-0.2, 0) is 22.7 Å². The van der Waals surface area contributed by atoms with Crippen LogP contribution >= 0.6 is 27.3 Å². The summed E-state index contributed by atoms with van der Waals surface area (Å²) in [6.45, 7) is 9.31. The van der Waals surface area contributed by atoms with Crippen LogP contribution in [0.4, 0.5) is 5.69 Å². The van der Waals surface area contributed by atoms with Crippen molar-refractivity contribution < 1.29 is 19.3 Å². The Morgan fingerprint density at radius 2 is 1.75 bits per heavy atom. The maximum absolute atomic E-state index is 11.5. The lowest BCUT2D eigenvalue weighted by Gasteiger charge is -2.48. The maximum Gasteiger partial charge on any atom is 0.121 e. The highest BCUT2D eigenvalue weighted by Gasteiger charge is 2.36. The highest BCUT2D eigenvalue weighted by molar-refractivity contribution is 9.10. The van der Waals surface area contributed by atoms with Gasteiger partial charge in [0.1, 0.15) is 36.6 Å². The third-order valence-electron chi connectivity index (χ3n) is 10.9. The summed E-state index contributed by atoms with van der Waals surface area (Å²) in [4.78, 5) is 6.25. The number of hydrogen-bond acceptors (Lipinski definition) is 7. The molecule has 0 spiro atoms. The quantitative estimate of drug-likeness (QED) is 0.161. The molecule has 1 N–H and O–H groups in total. The van der Waals surface area contributed by atoms with Crippen molar-refractivity contribution in [3.63, 3.8) is 0 Å². The molecule has 264 valence electrons. The number of aliphatic hydroxyl groups is 1. The van der Waals surface area contributed by atoms with Crippen molar-refractivity contribution in [2.45, 2.75) is 50.2 Å². The topological polar surface area (TPSA) is 54.4 Å². The first-order valence-electron chi connectivity index (χ1n) is 18.1. The number of rotatable bonds is 9. The van der Waals surface area contributed by atoms with Crippen molar-refractivity contribution in [2.24, 2.45) is 0 Å². The third kappa shape index (κ3) is 6.69. The number of fused-ring (bicyclic) bond motifs is 2. The largest absolute Gasteiger partial charge is 0.491 e. The van der Waals surface area contributed by atoms with Crippen LogP contribution in [0.2, 0.25) is 0 Å². The number of thiophene rings is 1.